The molecule has 2 fully saturated rings. The highest BCUT2D eigenvalue weighted by molar-refractivity contribution is 5.59. The van der Waals surface area contributed by atoms with Gasteiger partial charge in [-0.2, -0.15) is 0 Å². The van der Waals surface area contributed by atoms with E-state index in [1.54, 1.807) is 7.11 Å². The van der Waals surface area contributed by atoms with E-state index in [-0.39, 0.29) is 0 Å². The Morgan fingerprint density at radius 3 is 2.76 bits per heavy atom. The van der Waals surface area contributed by atoms with E-state index in [0.29, 0.717) is 5.41 Å². The quantitative estimate of drug-likeness (QED) is 0.826. The third-order valence-electron chi connectivity index (χ3n) is 5.21. The van der Waals surface area contributed by atoms with Gasteiger partial charge in [-0.1, -0.05) is 25.5 Å². The maximum Gasteiger partial charge on any atom is 0.142 e. The molecule has 3 rings (SSSR count). The summed E-state index contributed by atoms with van der Waals surface area (Å²) in [4.78, 5) is 5.21. The second-order valence-corrected chi connectivity index (χ2v) is 6.72. The number of nitrogens with zero attached hydrogens (tertiary/aromatic N) is 2. The van der Waals surface area contributed by atoms with Gasteiger partial charge in [0, 0.05) is 25.0 Å². The summed E-state index contributed by atoms with van der Waals surface area (Å²) in [5, 5.41) is 0. The first kappa shape index (κ1) is 14.7. The van der Waals surface area contributed by atoms with E-state index in [2.05, 4.69) is 41.0 Å². The number of ether oxygens (including phenoxy) is 1. The number of likely N-dealkylation sites (tertiary alicyclic amines) is 1. The topological polar surface area (TPSA) is 15.7 Å². The monoisotopic (exact) mass is 288 g/mol. The van der Waals surface area contributed by atoms with Crippen molar-refractivity contribution in [3.63, 3.8) is 0 Å². The Morgan fingerprint density at radius 2 is 1.95 bits per heavy atom. The van der Waals surface area contributed by atoms with Gasteiger partial charge in [0.05, 0.1) is 12.8 Å². The summed E-state index contributed by atoms with van der Waals surface area (Å²) in [7, 11) is 1.77. The summed E-state index contributed by atoms with van der Waals surface area (Å²) in [5.74, 6) is 1.01. The van der Waals surface area contributed by atoms with Crippen LogP contribution in [0.15, 0.2) is 24.3 Å². The van der Waals surface area contributed by atoms with Crippen molar-refractivity contribution in [2.24, 2.45) is 5.41 Å². The number of methoxy groups -OCH3 is 1. The Hall–Kier alpha value is -1.22. The molecule has 3 heteroatoms. The van der Waals surface area contributed by atoms with Gasteiger partial charge in [-0.25, -0.2) is 0 Å². The number of unbranched alkanes of at least 4 members (excludes halogenated alkanes) is 1. The van der Waals surface area contributed by atoms with Crippen LogP contribution in [0.5, 0.6) is 5.75 Å². The molecule has 0 N–H and O–H groups in total. The minimum atomic E-state index is 0.522. The standard InChI is InChI=1S/C18H28N2O/c1-3-4-11-19-12-9-18(14-19)10-13-20(15-18)16-7-5-6-8-17(16)21-2/h5-8H,3-4,9-15H2,1-2H3. The van der Waals surface area contributed by atoms with Crippen molar-refractivity contribution in [3.05, 3.63) is 24.3 Å². The lowest BCUT2D eigenvalue weighted by Gasteiger charge is -2.26. The normalized spacial score (nSPS) is 25.9. The van der Waals surface area contributed by atoms with Crippen molar-refractivity contribution < 1.29 is 4.74 Å². The summed E-state index contributed by atoms with van der Waals surface area (Å²) in [5.41, 5.74) is 1.79. The lowest BCUT2D eigenvalue weighted by atomic mass is 9.86. The lowest BCUT2D eigenvalue weighted by Crippen LogP contribution is -2.31. The molecule has 0 amide bonds. The number of hydrogen-bond donors (Lipinski definition) is 0. The maximum absolute atomic E-state index is 5.53. The zero-order chi connectivity index (χ0) is 14.7. The van der Waals surface area contributed by atoms with Crippen molar-refractivity contribution >= 4 is 5.69 Å². The second-order valence-electron chi connectivity index (χ2n) is 6.72. The van der Waals surface area contributed by atoms with E-state index >= 15 is 0 Å². The van der Waals surface area contributed by atoms with Crippen molar-refractivity contribution in [3.8, 4) is 5.75 Å². The van der Waals surface area contributed by atoms with Gasteiger partial charge >= 0.3 is 0 Å². The first-order valence-corrected chi connectivity index (χ1v) is 8.37. The SMILES string of the molecule is CCCCN1CCC2(CCN(c3ccccc3OC)C2)C1. The first-order valence-electron chi connectivity index (χ1n) is 8.37. The Labute approximate surface area is 128 Å². The van der Waals surface area contributed by atoms with E-state index in [0.717, 1.165) is 5.75 Å². The fourth-order valence-electron chi connectivity index (χ4n) is 3.97. The Morgan fingerprint density at radius 1 is 1.14 bits per heavy atom. The molecule has 116 valence electrons. The predicted molar refractivity (Wildman–Crippen MR) is 88.2 cm³/mol. The molecule has 1 aromatic carbocycles. The minimum absolute atomic E-state index is 0.522. The van der Waals surface area contributed by atoms with Crippen LogP contribution in [0.1, 0.15) is 32.6 Å². The number of anilines is 1. The molecule has 21 heavy (non-hydrogen) atoms. The highest BCUT2D eigenvalue weighted by Gasteiger charge is 2.43. The number of hydrogen-bond acceptors (Lipinski definition) is 3. The van der Waals surface area contributed by atoms with Crippen LogP contribution in [0.3, 0.4) is 0 Å². The van der Waals surface area contributed by atoms with E-state index in [1.165, 1.54) is 64.1 Å². The highest BCUT2D eigenvalue weighted by Crippen LogP contribution is 2.42. The molecule has 0 radical (unpaired) electrons. The molecule has 2 heterocycles. The number of benzene rings is 1. The van der Waals surface area contributed by atoms with Gasteiger partial charge in [0.2, 0.25) is 0 Å². The zero-order valence-corrected chi connectivity index (χ0v) is 13.5. The predicted octanol–water partition coefficient (Wildman–Crippen LogP) is 3.40. The molecular formula is C18H28N2O. The van der Waals surface area contributed by atoms with Crippen LogP contribution >= 0.6 is 0 Å². The number of para-hydroxylation sites is 2. The van der Waals surface area contributed by atoms with Crippen LogP contribution in [0.4, 0.5) is 5.69 Å². The van der Waals surface area contributed by atoms with Crippen molar-refractivity contribution in [2.75, 3.05) is 44.7 Å². The lowest BCUT2D eigenvalue weighted by molar-refractivity contribution is 0.273. The highest BCUT2D eigenvalue weighted by atomic mass is 16.5. The molecule has 0 aliphatic carbocycles. The minimum Gasteiger partial charge on any atom is -0.495 e. The largest absolute Gasteiger partial charge is 0.495 e. The molecule has 0 saturated carbocycles. The zero-order valence-electron chi connectivity index (χ0n) is 13.5. The average molecular weight is 288 g/mol. The van der Waals surface area contributed by atoms with Gasteiger partial charge in [-0.3, -0.25) is 0 Å². The summed E-state index contributed by atoms with van der Waals surface area (Å²) < 4.78 is 5.53. The molecular weight excluding hydrogens is 260 g/mol. The molecule has 0 bridgehead atoms. The Kier molecular flexibility index (Phi) is 4.39. The third kappa shape index (κ3) is 3.03. The van der Waals surface area contributed by atoms with E-state index in [9.17, 15) is 0 Å². The van der Waals surface area contributed by atoms with Gasteiger partial charge in [0.15, 0.2) is 0 Å². The van der Waals surface area contributed by atoms with Crippen LogP contribution in [0.2, 0.25) is 0 Å². The van der Waals surface area contributed by atoms with Crippen LogP contribution in [0.25, 0.3) is 0 Å². The van der Waals surface area contributed by atoms with Gasteiger partial charge in [-0.05, 0) is 44.5 Å². The van der Waals surface area contributed by atoms with Crippen LogP contribution in [0, 0.1) is 5.41 Å². The molecule has 0 aromatic heterocycles. The summed E-state index contributed by atoms with van der Waals surface area (Å²) >= 11 is 0. The van der Waals surface area contributed by atoms with Crippen molar-refractivity contribution in [2.45, 2.75) is 32.6 Å². The van der Waals surface area contributed by atoms with E-state index < -0.39 is 0 Å². The Balaban J connectivity index is 1.66. The maximum atomic E-state index is 5.53. The molecule has 2 aliphatic heterocycles. The summed E-state index contributed by atoms with van der Waals surface area (Å²) in [6, 6.07) is 8.44. The van der Waals surface area contributed by atoms with Crippen molar-refractivity contribution in [1.82, 2.24) is 4.90 Å². The van der Waals surface area contributed by atoms with Gasteiger partial charge in [0.25, 0.3) is 0 Å². The Bertz CT molecular complexity index is 476. The van der Waals surface area contributed by atoms with Crippen LogP contribution in [-0.2, 0) is 0 Å². The van der Waals surface area contributed by atoms with Crippen molar-refractivity contribution in [1.29, 1.82) is 0 Å². The van der Waals surface area contributed by atoms with Gasteiger partial charge < -0.3 is 14.5 Å². The molecule has 3 nitrogen and oxygen atoms in total. The fourth-order valence-corrected chi connectivity index (χ4v) is 3.97. The smallest absolute Gasteiger partial charge is 0.142 e. The second kappa shape index (κ2) is 6.27. The average Bonchev–Trinajstić information content (AvgIpc) is 3.12. The molecule has 1 aromatic rings. The summed E-state index contributed by atoms with van der Waals surface area (Å²) in [6.45, 7) is 8.51. The van der Waals surface area contributed by atoms with E-state index in [1.807, 2.05) is 0 Å². The third-order valence-corrected chi connectivity index (χ3v) is 5.21. The molecule has 1 spiro atoms. The molecule has 1 atom stereocenters. The summed E-state index contributed by atoms with van der Waals surface area (Å²) in [6.07, 6.45) is 5.33. The van der Waals surface area contributed by atoms with Gasteiger partial charge in [-0.15, -0.1) is 0 Å². The van der Waals surface area contributed by atoms with Crippen LogP contribution < -0.4 is 9.64 Å². The fraction of sp³-hybridized carbons (Fsp3) is 0.667. The molecule has 1 unspecified atom stereocenters. The number of rotatable bonds is 5. The van der Waals surface area contributed by atoms with Crippen LogP contribution in [-0.4, -0.2) is 44.7 Å². The molecule has 2 aliphatic rings. The molecule has 2 saturated heterocycles. The van der Waals surface area contributed by atoms with E-state index in [4.69, 9.17) is 4.74 Å². The first-order chi connectivity index (χ1) is 10.3. The van der Waals surface area contributed by atoms with Gasteiger partial charge in [0.1, 0.15) is 5.75 Å².